The predicted octanol–water partition coefficient (Wildman–Crippen LogP) is 3.43. The molecular formula is C14H22N2. The van der Waals surface area contributed by atoms with Gasteiger partial charge in [-0.1, -0.05) is 31.7 Å². The van der Waals surface area contributed by atoms with E-state index in [2.05, 4.69) is 24.1 Å². The summed E-state index contributed by atoms with van der Waals surface area (Å²) in [6.07, 6.45) is 8.20. The van der Waals surface area contributed by atoms with E-state index in [1.165, 1.54) is 44.2 Å². The fourth-order valence-corrected chi connectivity index (χ4v) is 2.60. The molecule has 1 aliphatic rings. The Hall–Kier alpha value is -1.18. The molecule has 0 aliphatic heterocycles. The molecule has 2 heteroatoms. The maximum Gasteiger partial charge on any atom is 0.0386 e. The van der Waals surface area contributed by atoms with Crippen LogP contribution in [0.25, 0.3) is 0 Å². The third kappa shape index (κ3) is 2.69. The molecule has 1 saturated carbocycles. The lowest BCUT2D eigenvalue weighted by Crippen LogP contribution is -2.31. The van der Waals surface area contributed by atoms with E-state index in [0.717, 1.165) is 5.69 Å². The van der Waals surface area contributed by atoms with Gasteiger partial charge in [-0.25, -0.2) is 0 Å². The summed E-state index contributed by atoms with van der Waals surface area (Å²) in [5.41, 5.74) is 7.95. The molecule has 2 rings (SSSR count). The van der Waals surface area contributed by atoms with Crippen molar-refractivity contribution in [2.24, 2.45) is 0 Å². The van der Waals surface area contributed by atoms with Crippen LogP contribution in [0.2, 0.25) is 0 Å². The lowest BCUT2D eigenvalue weighted by atomic mass is 10.1. The van der Waals surface area contributed by atoms with Crippen LogP contribution >= 0.6 is 0 Å². The van der Waals surface area contributed by atoms with Gasteiger partial charge in [0.05, 0.1) is 0 Å². The fraction of sp³-hybridized carbons (Fsp3) is 0.571. The molecule has 0 atom stereocenters. The van der Waals surface area contributed by atoms with E-state index in [1.807, 2.05) is 12.1 Å². The average Bonchev–Trinajstić information content (AvgIpc) is 2.56. The molecule has 0 saturated heterocycles. The molecule has 16 heavy (non-hydrogen) atoms. The number of benzene rings is 1. The average molecular weight is 218 g/mol. The van der Waals surface area contributed by atoms with Crippen LogP contribution in [0.4, 0.5) is 11.4 Å². The van der Waals surface area contributed by atoms with Crippen LogP contribution < -0.4 is 10.6 Å². The topological polar surface area (TPSA) is 29.3 Å². The Morgan fingerprint density at radius 2 is 1.81 bits per heavy atom. The quantitative estimate of drug-likeness (QED) is 0.608. The summed E-state index contributed by atoms with van der Waals surface area (Å²) in [7, 11) is 2.20. The van der Waals surface area contributed by atoms with Crippen LogP contribution in [-0.2, 0) is 0 Å². The van der Waals surface area contributed by atoms with Gasteiger partial charge in [-0.05, 0) is 31.0 Å². The van der Waals surface area contributed by atoms with E-state index in [-0.39, 0.29) is 0 Å². The van der Waals surface area contributed by atoms with E-state index in [1.54, 1.807) is 0 Å². The first kappa shape index (κ1) is 11.3. The van der Waals surface area contributed by atoms with Gasteiger partial charge >= 0.3 is 0 Å². The Labute approximate surface area is 98.4 Å². The Kier molecular flexibility index (Phi) is 3.70. The van der Waals surface area contributed by atoms with E-state index < -0.39 is 0 Å². The van der Waals surface area contributed by atoms with Crippen molar-refractivity contribution < 1.29 is 0 Å². The molecule has 0 aromatic heterocycles. The first-order valence-corrected chi connectivity index (χ1v) is 6.36. The van der Waals surface area contributed by atoms with Gasteiger partial charge in [0.25, 0.3) is 0 Å². The molecule has 88 valence electrons. The maximum atomic E-state index is 5.83. The van der Waals surface area contributed by atoms with E-state index >= 15 is 0 Å². The summed E-state index contributed by atoms with van der Waals surface area (Å²) < 4.78 is 0. The van der Waals surface area contributed by atoms with Crippen LogP contribution in [0.3, 0.4) is 0 Å². The SMILES string of the molecule is CN(c1cccc(N)c1)C1CCCCCC1. The normalized spacial score (nSPS) is 18.1. The van der Waals surface area contributed by atoms with Crippen molar-refractivity contribution in [1.82, 2.24) is 0 Å². The molecule has 0 radical (unpaired) electrons. The molecule has 2 nitrogen and oxygen atoms in total. The number of hydrogen-bond acceptors (Lipinski definition) is 2. The molecule has 0 heterocycles. The third-order valence-corrected chi connectivity index (χ3v) is 3.65. The highest BCUT2D eigenvalue weighted by Crippen LogP contribution is 2.26. The highest BCUT2D eigenvalue weighted by molar-refractivity contribution is 5.56. The van der Waals surface area contributed by atoms with Crippen LogP contribution in [0, 0.1) is 0 Å². The second kappa shape index (κ2) is 5.24. The van der Waals surface area contributed by atoms with Gasteiger partial charge in [0.15, 0.2) is 0 Å². The summed E-state index contributed by atoms with van der Waals surface area (Å²) in [6.45, 7) is 0. The number of anilines is 2. The molecule has 1 aromatic rings. The highest BCUT2D eigenvalue weighted by Gasteiger charge is 2.17. The van der Waals surface area contributed by atoms with E-state index in [4.69, 9.17) is 5.73 Å². The molecule has 0 amide bonds. The van der Waals surface area contributed by atoms with E-state index in [9.17, 15) is 0 Å². The zero-order chi connectivity index (χ0) is 11.4. The monoisotopic (exact) mass is 218 g/mol. The minimum Gasteiger partial charge on any atom is -0.399 e. The summed E-state index contributed by atoms with van der Waals surface area (Å²) >= 11 is 0. The first-order chi connectivity index (χ1) is 7.77. The second-order valence-electron chi connectivity index (χ2n) is 4.85. The van der Waals surface area contributed by atoms with Gasteiger partial charge in [-0.15, -0.1) is 0 Å². The zero-order valence-corrected chi connectivity index (χ0v) is 10.2. The van der Waals surface area contributed by atoms with Gasteiger partial charge in [-0.3, -0.25) is 0 Å². The number of nitrogen functional groups attached to an aromatic ring is 1. The van der Waals surface area contributed by atoms with Crippen molar-refractivity contribution in [3.05, 3.63) is 24.3 Å². The van der Waals surface area contributed by atoms with Crippen LogP contribution in [0.5, 0.6) is 0 Å². The molecule has 1 aliphatic carbocycles. The fourth-order valence-electron chi connectivity index (χ4n) is 2.60. The summed E-state index contributed by atoms with van der Waals surface area (Å²) in [6, 6.07) is 8.92. The number of nitrogens with two attached hydrogens (primary N) is 1. The maximum absolute atomic E-state index is 5.83. The van der Waals surface area contributed by atoms with Gasteiger partial charge in [0.1, 0.15) is 0 Å². The Bertz CT molecular complexity index is 327. The predicted molar refractivity (Wildman–Crippen MR) is 70.7 cm³/mol. The van der Waals surface area contributed by atoms with Crippen molar-refractivity contribution in [2.75, 3.05) is 17.7 Å². The number of nitrogens with zero attached hydrogens (tertiary/aromatic N) is 1. The smallest absolute Gasteiger partial charge is 0.0386 e. The lowest BCUT2D eigenvalue weighted by Gasteiger charge is -2.29. The van der Waals surface area contributed by atoms with Crippen molar-refractivity contribution in [3.8, 4) is 0 Å². The van der Waals surface area contributed by atoms with E-state index in [0.29, 0.717) is 6.04 Å². The summed E-state index contributed by atoms with van der Waals surface area (Å²) in [5.74, 6) is 0. The Balaban J connectivity index is 2.07. The van der Waals surface area contributed by atoms with Gasteiger partial charge in [-0.2, -0.15) is 0 Å². The Morgan fingerprint density at radius 1 is 1.12 bits per heavy atom. The van der Waals surface area contributed by atoms with Gasteiger partial charge < -0.3 is 10.6 Å². The van der Waals surface area contributed by atoms with Crippen molar-refractivity contribution in [3.63, 3.8) is 0 Å². The minimum atomic E-state index is 0.698. The standard InChI is InChI=1S/C14H22N2/c1-16(13-8-4-2-3-5-9-13)14-10-6-7-12(15)11-14/h6-7,10-11,13H,2-5,8-9,15H2,1H3. The van der Waals surface area contributed by atoms with Crippen LogP contribution in [-0.4, -0.2) is 13.1 Å². The minimum absolute atomic E-state index is 0.698. The largest absolute Gasteiger partial charge is 0.399 e. The van der Waals surface area contributed by atoms with Crippen LogP contribution in [0.1, 0.15) is 38.5 Å². The molecule has 0 spiro atoms. The second-order valence-corrected chi connectivity index (χ2v) is 4.85. The van der Waals surface area contributed by atoms with Crippen LogP contribution in [0.15, 0.2) is 24.3 Å². The highest BCUT2D eigenvalue weighted by atomic mass is 15.1. The molecule has 0 bridgehead atoms. The van der Waals surface area contributed by atoms with Crippen molar-refractivity contribution in [1.29, 1.82) is 0 Å². The number of rotatable bonds is 2. The first-order valence-electron chi connectivity index (χ1n) is 6.36. The summed E-state index contributed by atoms with van der Waals surface area (Å²) in [4.78, 5) is 2.40. The molecule has 0 unspecified atom stereocenters. The zero-order valence-electron chi connectivity index (χ0n) is 10.2. The summed E-state index contributed by atoms with van der Waals surface area (Å²) in [5, 5.41) is 0. The molecule has 2 N–H and O–H groups in total. The molecule has 1 aromatic carbocycles. The molecular weight excluding hydrogens is 196 g/mol. The van der Waals surface area contributed by atoms with Crippen molar-refractivity contribution in [2.45, 2.75) is 44.6 Å². The molecule has 1 fully saturated rings. The van der Waals surface area contributed by atoms with Gasteiger partial charge in [0.2, 0.25) is 0 Å². The van der Waals surface area contributed by atoms with Gasteiger partial charge in [0, 0.05) is 24.5 Å². The Morgan fingerprint density at radius 3 is 2.44 bits per heavy atom. The lowest BCUT2D eigenvalue weighted by molar-refractivity contribution is 0.553. The third-order valence-electron chi connectivity index (χ3n) is 3.65. The number of hydrogen-bond donors (Lipinski definition) is 1. The van der Waals surface area contributed by atoms with Crippen molar-refractivity contribution >= 4 is 11.4 Å².